The minimum atomic E-state index is -0.0328. The Balaban J connectivity index is 0.00000241. The zero-order valence-electron chi connectivity index (χ0n) is 19.1. The van der Waals surface area contributed by atoms with Crippen molar-refractivity contribution in [3.63, 3.8) is 0 Å². The van der Waals surface area contributed by atoms with Gasteiger partial charge in [0, 0.05) is 43.2 Å². The normalized spacial score (nSPS) is 20.1. The summed E-state index contributed by atoms with van der Waals surface area (Å²) in [5.41, 5.74) is 3.05. The van der Waals surface area contributed by atoms with Crippen LogP contribution in [0.25, 0.3) is 11.0 Å². The predicted octanol–water partition coefficient (Wildman–Crippen LogP) is 2.11. The fraction of sp³-hybridized carbons (Fsp3) is 0.480. The Morgan fingerprint density at radius 3 is 2.71 bits per heavy atom. The molecule has 1 N–H and O–H groups in total. The minimum Gasteiger partial charge on any atom is -0.492 e. The molecule has 1 fully saturated rings. The maximum Gasteiger partial charge on any atom is 0.252 e. The van der Waals surface area contributed by atoms with Crippen LogP contribution < -0.4 is 21.2 Å². The van der Waals surface area contributed by atoms with E-state index in [2.05, 4.69) is 21.3 Å². The first-order chi connectivity index (χ1) is 16.2. The molecule has 0 amide bonds. The average Bonchev–Trinajstić information content (AvgIpc) is 3.23. The number of piperidine rings is 1. The van der Waals surface area contributed by atoms with Crippen LogP contribution in [-0.4, -0.2) is 51.3 Å². The molecule has 6 heterocycles. The molecule has 0 bridgehead atoms. The third-order valence-electron chi connectivity index (χ3n) is 7.30. The van der Waals surface area contributed by atoms with Gasteiger partial charge in [-0.2, -0.15) is 0 Å². The third-order valence-corrected chi connectivity index (χ3v) is 7.30. The summed E-state index contributed by atoms with van der Waals surface area (Å²) >= 11 is 0. The van der Waals surface area contributed by atoms with Crippen LogP contribution in [0.2, 0.25) is 0 Å². The van der Waals surface area contributed by atoms with Gasteiger partial charge in [0.2, 0.25) is 0 Å². The zero-order chi connectivity index (χ0) is 22.4. The lowest BCUT2D eigenvalue weighted by Gasteiger charge is -2.34. The zero-order valence-corrected chi connectivity index (χ0v) is 19.9. The van der Waals surface area contributed by atoms with Crippen molar-refractivity contribution in [1.29, 1.82) is 0 Å². The first-order valence-electron chi connectivity index (χ1n) is 12.0. The SMILES string of the molecule is Cl.O=c1ccc2ccc(=O)n3c2n1C[C@H]3CN1CCC(NCc2cc3c(cn2)OCCC3)CC1. The molecule has 3 aromatic rings. The van der Waals surface area contributed by atoms with E-state index in [0.29, 0.717) is 12.6 Å². The van der Waals surface area contributed by atoms with Gasteiger partial charge in [0.05, 0.1) is 24.5 Å². The molecule has 0 unspecified atom stereocenters. The lowest BCUT2D eigenvalue weighted by atomic mass is 10.0. The molecular weight excluding hydrogens is 454 g/mol. The van der Waals surface area contributed by atoms with Crippen molar-refractivity contribution in [2.75, 3.05) is 26.2 Å². The molecule has 180 valence electrons. The molecule has 0 aromatic carbocycles. The van der Waals surface area contributed by atoms with Crippen LogP contribution in [0.15, 0.2) is 46.1 Å². The number of nitrogens with zero attached hydrogens (tertiary/aromatic N) is 4. The highest BCUT2D eigenvalue weighted by molar-refractivity contribution is 5.85. The summed E-state index contributed by atoms with van der Waals surface area (Å²) in [5.74, 6) is 0.935. The van der Waals surface area contributed by atoms with Gasteiger partial charge in [0.1, 0.15) is 11.4 Å². The Morgan fingerprint density at radius 2 is 1.88 bits per heavy atom. The number of halogens is 1. The summed E-state index contributed by atoms with van der Waals surface area (Å²) in [6.45, 7) is 4.89. The first-order valence-corrected chi connectivity index (χ1v) is 12.0. The highest BCUT2D eigenvalue weighted by Gasteiger charge is 2.29. The monoisotopic (exact) mass is 483 g/mol. The van der Waals surface area contributed by atoms with Crippen molar-refractivity contribution in [3.05, 3.63) is 68.5 Å². The summed E-state index contributed by atoms with van der Waals surface area (Å²) in [6, 6.07) is 9.48. The summed E-state index contributed by atoms with van der Waals surface area (Å²) in [7, 11) is 0. The Bertz CT molecular complexity index is 1310. The largest absolute Gasteiger partial charge is 0.492 e. The second kappa shape index (κ2) is 9.52. The molecular formula is C25H30ClN5O3. The highest BCUT2D eigenvalue weighted by atomic mass is 35.5. The number of likely N-dealkylation sites (tertiary alicyclic amines) is 1. The third kappa shape index (κ3) is 4.26. The number of ether oxygens (including phenoxy) is 1. The van der Waals surface area contributed by atoms with E-state index in [-0.39, 0.29) is 29.6 Å². The van der Waals surface area contributed by atoms with Crippen molar-refractivity contribution in [2.45, 2.75) is 50.9 Å². The van der Waals surface area contributed by atoms with Crippen molar-refractivity contribution >= 4 is 23.4 Å². The van der Waals surface area contributed by atoms with E-state index in [1.807, 2.05) is 22.9 Å². The second-order valence-electron chi connectivity index (χ2n) is 9.45. The topological polar surface area (TPSA) is 81.4 Å². The number of fused-ring (bicyclic) bond motifs is 1. The van der Waals surface area contributed by atoms with Crippen LogP contribution in [0.1, 0.15) is 36.6 Å². The molecule has 34 heavy (non-hydrogen) atoms. The smallest absolute Gasteiger partial charge is 0.252 e. The molecule has 0 radical (unpaired) electrons. The van der Waals surface area contributed by atoms with E-state index in [1.54, 1.807) is 16.7 Å². The lowest BCUT2D eigenvalue weighted by Crippen LogP contribution is -2.44. The fourth-order valence-corrected chi connectivity index (χ4v) is 5.56. The van der Waals surface area contributed by atoms with E-state index in [1.165, 1.54) is 5.56 Å². The van der Waals surface area contributed by atoms with Gasteiger partial charge in [-0.3, -0.25) is 23.7 Å². The molecule has 6 rings (SSSR count). The van der Waals surface area contributed by atoms with Gasteiger partial charge < -0.3 is 15.0 Å². The molecule has 3 aliphatic rings. The average molecular weight is 484 g/mol. The van der Waals surface area contributed by atoms with Gasteiger partial charge in [-0.05, 0) is 62.5 Å². The van der Waals surface area contributed by atoms with Crippen molar-refractivity contribution in [3.8, 4) is 5.75 Å². The van der Waals surface area contributed by atoms with Crippen LogP contribution in [0.4, 0.5) is 0 Å². The number of pyridine rings is 3. The molecule has 1 saturated heterocycles. The number of nitrogens with one attached hydrogen (secondary N) is 1. The molecule has 9 heteroatoms. The molecule has 3 aliphatic heterocycles. The van der Waals surface area contributed by atoms with Crippen LogP contribution in [0, 0.1) is 0 Å². The number of aromatic nitrogens is 3. The van der Waals surface area contributed by atoms with Crippen LogP contribution in [-0.2, 0) is 19.5 Å². The van der Waals surface area contributed by atoms with Crippen molar-refractivity contribution < 1.29 is 4.74 Å². The maximum absolute atomic E-state index is 12.6. The standard InChI is InChI=1S/C25H29N5O3.ClH/c31-23-5-3-17-4-6-24(32)30-21(16-29(23)25(17)30)15-28-9-7-19(8-10-28)26-13-20-12-18-2-1-11-33-22(18)14-27-20;/h3-6,12,14,19,21,26H,1-2,7-11,13,15-16H2;1H/t21-;/m1./s1. The second-order valence-corrected chi connectivity index (χ2v) is 9.45. The Morgan fingerprint density at radius 1 is 1.09 bits per heavy atom. The molecule has 0 saturated carbocycles. The number of hydrogen-bond donors (Lipinski definition) is 1. The van der Waals surface area contributed by atoms with Crippen LogP contribution in [0.5, 0.6) is 5.75 Å². The quantitative estimate of drug-likeness (QED) is 0.598. The number of aryl methyl sites for hydroxylation is 1. The summed E-state index contributed by atoms with van der Waals surface area (Å²) < 4.78 is 9.25. The minimum absolute atomic E-state index is 0. The summed E-state index contributed by atoms with van der Waals surface area (Å²) in [4.78, 5) is 32.0. The van der Waals surface area contributed by atoms with E-state index >= 15 is 0 Å². The van der Waals surface area contributed by atoms with E-state index in [0.717, 1.165) is 80.9 Å². The molecule has 3 aromatic heterocycles. The molecule has 8 nitrogen and oxygen atoms in total. The van der Waals surface area contributed by atoms with Crippen molar-refractivity contribution in [1.82, 2.24) is 24.3 Å². The predicted molar refractivity (Wildman–Crippen MR) is 133 cm³/mol. The van der Waals surface area contributed by atoms with Gasteiger partial charge in [-0.15, -0.1) is 12.4 Å². The van der Waals surface area contributed by atoms with E-state index < -0.39 is 0 Å². The highest BCUT2D eigenvalue weighted by Crippen LogP contribution is 2.26. The Labute approximate surface area is 204 Å². The summed E-state index contributed by atoms with van der Waals surface area (Å²) in [6.07, 6.45) is 6.13. The van der Waals surface area contributed by atoms with E-state index in [9.17, 15) is 9.59 Å². The van der Waals surface area contributed by atoms with Crippen LogP contribution in [0.3, 0.4) is 0 Å². The molecule has 1 atom stereocenters. The number of hydrogen-bond acceptors (Lipinski definition) is 6. The van der Waals surface area contributed by atoms with Gasteiger partial charge >= 0.3 is 0 Å². The Hall–Kier alpha value is -2.68. The maximum atomic E-state index is 12.6. The van der Waals surface area contributed by atoms with Gasteiger partial charge in [-0.25, -0.2) is 0 Å². The Kier molecular flexibility index (Phi) is 6.46. The molecule has 0 aliphatic carbocycles. The molecule has 0 spiro atoms. The van der Waals surface area contributed by atoms with E-state index in [4.69, 9.17) is 4.74 Å². The van der Waals surface area contributed by atoms with Gasteiger partial charge in [0.15, 0.2) is 0 Å². The fourth-order valence-electron chi connectivity index (χ4n) is 5.56. The summed E-state index contributed by atoms with van der Waals surface area (Å²) in [5, 5.41) is 4.62. The van der Waals surface area contributed by atoms with Crippen molar-refractivity contribution in [2.24, 2.45) is 0 Å². The number of rotatable bonds is 5. The van der Waals surface area contributed by atoms with Gasteiger partial charge in [-0.1, -0.05) is 0 Å². The lowest BCUT2D eigenvalue weighted by molar-refractivity contribution is 0.171. The first kappa shape index (κ1) is 23.1. The van der Waals surface area contributed by atoms with Gasteiger partial charge in [0.25, 0.3) is 11.1 Å². The van der Waals surface area contributed by atoms with Crippen LogP contribution >= 0.6 is 12.4 Å².